The van der Waals surface area contributed by atoms with E-state index in [4.69, 9.17) is 4.74 Å². The number of H-pyrrole nitrogens is 1. The molecule has 1 aliphatic heterocycles. The van der Waals surface area contributed by atoms with E-state index in [9.17, 15) is 19.5 Å². The first-order valence-electron chi connectivity index (χ1n) is 5.32. The molecule has 2 N–H and O–H groups in total. The lowest BCUT2D eigenvalue weighted by molar-refractivity contribution is -0.135. The van der Waals surface area contributed by atoms with Gasteiger partial charge in [0.1, 0.15) is 18.9 Å². The third-order valence-electron chi connectivity index (χ3n) is 2.69. The van der Waals surface area contributed by atoms with Crippen molar-refractivity contribution in [1.82, 2.24) is 9.55 Å². The highest BCUT2D eigenvalue weighted by Crippen LogP contribution is 2.27. The topological polar surface area (TPSA) is 111 Å². The van der Waals surface area contributed by atoms with Crippen molar-refractivity contribution in [2.45, 2.75) is 24.9 Å². The molecule has 1 aromatic rings. The fourth-order valence-corrected chi connectivity index (χ4v) is 1.82. The number of nitrogens with zero attached hydrogens (tertiary/aromatic N) is 1. The Kier molecular flexibility index (Phi) is 3.58. The van der Waals surface area contributed by atoms with Crippen LogP contribution < -0.4 is 11.2 Å². The summed E-state index contributed by atoms with van der Waals surface area (Å²) in [5, 5.41) is 9.68. The molecule has 1 aliphatic rings. The molecule has 8 heteroatoms. The van der Waals surface area contributed by atoms with Gasteiger partial charge < -0.3 is 14.6 Å². The Hall–Kier alpha value is -1.93. The van der Waals surface area contributed by atoms with Gasteiger partial charge in [-0.15, -0.1) is 0 Å². The Bertz CT molecular complexity index is 536. The molecule has 98 valence electrons. The summed E-state index contributed by atoms with van der Waals surface area (Å²) < 4.78 is 11.1. The summed E-state index contributed by atoms with van der Waals surface area (Å²) in [6, 6.07) is 1.19. The summed E-state index contributed by atoms with van der Waals surface area (Å²) in [5.74, 6) is 0. The van der Waals surface area contributed by atoms with E-state index in [1.54, 1.807) is 0 Å². The fraction of sp³-hybridized carbons (Fsp3) is 0.500. The largest absolute Gasteiger partial charge is 0.465 e. The van der Waals surface area contributed by atoms with Crippen LogP contribution in [0.3, 0.4) is 0 Å². The van der Waals surface area contributed by atoms with Gasteiger partial charge in [0.15, 0.2) is 0 Å². The predicted molar refractivity (Wildman–Crippen MR) is 57.9 cm³/mol. The zero-order chi connectivity index (χ0) is 13.1. The van der Waals surface area contributed by atoms with Gasteiger partial charge in [-0.2, -0.15) is 0 Å². The molecule has 0 saturated carbocycles. The van der Waals surface area contributed by atoms with Crippen LogP contribution in [0.4, 0.5) is 0 Å². The Morgan fingerprint density at radius 2 is 2.39 bits per heavy atom. The van der Waals surface area contributed by atoms with Gasteiger partial charge in [-0.25, -0.2) is 4.79 Å². The Balaban J connectivity index is 2.14. The summed E-state index contributed by atoms with van der Waals surface area (Å²) >= 11 is 0. The van der Waals surface area contributed by atoms with Crippen LogP contribution in [0, 0.1) is 0 Å². The second kappa shape index (κ2) is 5.15. The van der Waals surface area contributed by atoms with E-state index in [0.717, 1.165) is 0 Å². The van der Waals surface area contributed by atoms with Crippen molar-refractivity contribution in [2.24, 2.45) is 0 Å². The summed E-state index contributed by atoms with van der Waals surface area (Å²) in [4.78, 5) is 34.6. The smallest absolute Gasteiger partial charge is 0.330 e. The van der Waals surface area contributed by atoms with Crippen LogP contribution in [-0.4, -0.2) is 39.9 Å². The second-order valence-corrected chi connectivity index (χ2v) is 3.88. The number of hydrogen-bond acceptors (Lipinski definition) is 6. The van der Waals surface area contributed by atoms with Crippen molar-refractivity contribution in [3.8, 4) is 0 Å². The first-order chi connectivity index (χ1) is 8.61. The van der Waals surface area contributed by atoms with Crippen molar-refractivity contribution in [3.05, 3.63) is 33.1 Å². The first kappa shape index (κ1) is 12.5. The lowest BCUT2D eigenvalue weighted by Gasteiger charge is -2.14. The zero-order valence-electron chi connectivity index (χ0n) is 9.31. The van der Waals surface area contributed by atoms with Crippen molar-refractivity contribution in [2.75, 3.05) is 6.61 Å². The average Bonchev–Trinajstić information content (AvgIpc) is 2.68. The molecular formula is C10H12N2O6. The molecule has 0 bridgehead atoms. The number of aliphatic hydroxyl groups is 1. The molecule has 2 heterocycles. The molecule has 0 aliphatic carbocycles. The van der Waals surface area contributed by atoms with Crippen molar-refractivity contribution >= 4 is 6.47 Å². The van der Waals surface area contributed by atoms with Crippen molar-refractivity contribution in [3.63, 3.8) is 0 Å². The third-order valence-corrected chi connectivity index (χ3v) is 2.69. The van der Waals surface area contributed by atoms with Crippen LogP contribution in [0.25, 0.3) is 0 Å². The quantitative estimate of drug-likeness (QED) is 0.625. The molecule has 1 saturated heterocycles. The van der Waals surface area contributed by atoms with Crippen LogP contribution in [0.2, 0.25) is 0 Å². The van der Waals surface area contributed by atoms with Crippen LogP contribution in [0.1, 0.15) is 12.6 Å². The number of rotatable bonds is 4. The number of carbonyl (C=O) groups excluding carboxylic acids is 1. The number of nitrogens with one attached hydrogen (secondary N) is 1. The molecule has 0 amide bonds. The van der Waals surface area contributed by atoms with Gasteiger partial charge in [-0.05, 0) is 0 Å². The molecule has 3 atom stereocenters. The standard InChI is InChI=1S/C10H12N2O6/c13-5-17-4-7-6(14)3-9(18-7)12-2-1-8(15)11-10(12)16/h1-2,5-7,9,14H,3-4H2,(H,11,15,16)/t6-,7+,9+/m0/s1. The maximum atomic E-state index is 11.5. The molecule has 2 rings (SSSR count). The van der Waals surface area contributed by atoms with E-state index in [1.807, 2.05) is 0 Å². The lowest BCUT2D eigenvalue weighted by Crippen LogP contribution is -2.31. The Morgan fingerprint density at radius 3 is 3.06 bits per heavy atom. The number of aromatic nitrogens is 2. The zero-order valence-corrected chi connectivity index (χ0v) is 9.31. The maximum Gasteiger partial charge on any atom is 0.330 e. The monoisotopic (exact) mass is 256 g/mol. The van der Waals surface area contributed by atoms with Gasteiger partial charge in [0, 0.05) is 18.7 Å². The first-order valence-corrected chi connectivity index (χ1v) is 5.32. The van der Waals surface area contributed by atoms with Gasteiger partial charge in [0.2, 0.25) is 0 Å². The molecule has 1 aromatic heterocycles. The number of hydrogen-bond donors (Lipinski definition) is 2. The van der Waals surface area contributed by atoms with E-state index >= 15 is 0 Å². The molecule has 0 aromatic carbocycles. The van der Waals surface area contributed by atoms with E-state index < -0.39 is 29.7 Å². The Morgan fingerprint density at radius 1 is 1.61 bits per heavy atom. The average molecular weight is 256 g/mol. The lowest BCUT2D eigenvalue weighted by atomic mass is 10.2. The van der Waals surface area contributed by atoms with E-state index in [2.05, 4.69) is 9.72 Å². The minimum absolute atomic E-state index is 0.0841. The summed E-state index contributed by atoms with van der Waals surface area (Å²) in [7, 11) is 0. The Labute approximate surface area is 101 Å². The normalized spacial score (nSPS) is 27.1. The molecule has 0 unspecified atom stereocenters. The highest BCUT2D eigenvalue weighted by molar-refractivity contribution is 5.36. The molecule has 0 radical (unpaired) electrons. The maximum absolute atomic E-state index is 11.5. The van der Waals surface area contributed by atoms with Gasteiger partial charge in [-0.3, -0.25) is 19.1 Å². The summed E-state index contributed by atoms with van der Waals surface area (Å²) in [6.07, 6.45) is -0.738. The van der Waals surface area contributed by atoms with E-state index in [-0.39, 0.29) is 19.5 Å². The van der Waals surface area contributed by atoms with Gasteiger partial charge in [0.25, 0.3) is 12.0 Å². The van der Waals surface area contributed by atoms with Gasteiger partial charge >= 0.3 is 5.69 Å². The molecule has 18 heavy (non-hydrogen) atoms. The highest BCUT2D eigenvalue weighted by atomic mass is 16.6. The number of carbonyl (C=O) groups is 1. The molecule has 1 fully saturated rings. The summed E-state index contributed by atoms with van der Waals surface area (Å²) in [5.41, 5.74) is -1.12. The van der Waals surface area contributed by atoms with Crippen LogP contribution in [-0.2, 0) is 14.3 Å². The minimum Gasteiger partial charge on any atom is -0.465 e. The number of ether oxygens (including phenoxy) is 2. The summed E-state index contributed by atoms with van der Waals surface area (Å²) in [6.45, 7) is 0.175. The minimum atomic E-state index is -0.839. The SMILES string of the molecule is O=COC[C@H]1O[C@@H](n2ccc(=O)[nH]c2=O)C[C@@H]1O. The number of aliphatic hydroxyl groups excluding tert-OH is 1. The second-order valence-electron chi connectivity index (χ2n) is 3.88. The van der Waals surface area contributed by atoms with Crippen molar-refractivity contribution < 1.29 is 19.4 Å². The van der Waals surface area contributed by atoms with E-state index in [1.165, 1.54) is 16.8 Å². The fourth-order valence-electron chi connectivity index (χ4n) is 1.82. The molecule has 8 nitrogen and oxygen atoms in total. The predicted octanol–water partition coefficient (Wildman–Crippen LogP) is -1.64. The highest BCUT2D eigenvalue weighted by Gasteiger charge is 2.35. The van der Waals surface area contributed by atoms with Gasteiger partial charge in [-0.1, -0.05) is 0 Å². The van der Waals surface area contributed by atoms with Gasteiger partial charge in [0.05, 0.1) is 6.10 Å². The van der Waals surface area contributed by atoms with Crippen LogP contribution in [0.15, 0.2) is 21.9 Å². The van der Waals surface area contributed by atoms with Crippen molar-refractivity contribution in [1.29, 1.82) is 0 Å². The molecular weight excluding hydrogens is 244 g/mol. The van der Waals surface area contributed by atoms with E-state index in [0.29, 0.717) is 0 Å². The number of aromatic amines is 1. The third kappa shape index (κ3) is 2.49. The van der Waals surface area contributed by atoms with Crippen LogP contribution >= 0.6 is 0 Å². The van der Waals surface area contributed by atoms with Crippen LogP contribution in [0.5, 0.6) is 0 Å². The molecule has 0 spiro atoms.